The summed E-state index contributed by atoms with van der Waals surface area (Å²) in [5, 5.41) is 10.5. The zero-order chi connectivity index (χ0) is 21.1. The normalized spacial score (nSPS) is 10.9. The molecule has 1 amide bonds. The Kier molecular flexibility index (Phi) is 5.21. The number of methoxy groups -OCH3 is 1. The van der Waals surface area contributed by atoms with Gasteiger partial charge in [0.1, 0.15) is 24.4 Å². The standard InChI is InChI=1S/C20H17FN6O3/c1-30-16-9-5-4-8-15(16)23-17(28)11-26-12-22-19-18(20(26)29)24-25-27(19)10-13-6-2-3-7-14(13)21/h2-9,12H,10-11H2,1H3,(H,23,28). The maximum atomic E-state index is 13.9. The zero-order valence-electron chi connectivity index (χ0n) is 15.9. The van der Waals surface area contributed by atoms with Crippen LogP contribution in [0.4, 0.5) is 10.1 Å². The van der Waals surface area contributed by atoms with Crippen molar-refractivity contribution >= 4 is 22.8 Å². The highest BCUT2D eigenvalue weighted by Gasteiger charge is 2.15. The number of para-hydroxylation sites is 2. The van der Waals surface area contributed by atoms with E-state index in [4.69, 9.17) is 4.74 Å². The van der Waals surface area contributed by atoms with Gasteiger partial charge in [-0.15, -0.1) is 5.10 Å². The lowest BCUT2D eigenvalue weighted by Crippen LogP contribution is -2.28. The van der Waals surface area contributed by atoms with Crippen LogP contribution in [0.25, 0.3) is 11.2 Å². The van der Waals surface area contributed by atoms with Gasteiger partial charge in [-0.2, -0.15) is 0 Å². The lowest BCUT2D eigenvalue weighted by atomic mass is 10.2. The van der Waals surface area contributed by atoms with Crippen LogP contribution in [0.2, 0.25) is 0 Å². The highest BCUT2D eigenvalue weighted by Crippen LogP contribution is 2.22. The number of anilines is 1. The number of amides is 1. The minimum Gasteiger partial charge on any atom is -0.495 e. The molecule has 0 saturated carbocycles. The Morgan fingerprint density at radius 3 is 2.73 bits per heavy atom. The molecule has 2 aromatic heterocycles. The second kappa shape index (κ2) is 8.11. The van der Waals surface area contributed by atoms with Crippen molar-refractivity contribution in [3.05, 3.63) is 76.6 Å². The molecule has 0 fully saturated rings. The third-order valence-corrected chi connectivity index (χ3v) is 4.46. The molecule has 10 heteroatoms. The first-order valence-corrected chi connectivity index (χ1v) is 9.01. The van der Waals surface area contributed by atoms with E-state index in [-0.39, 0.29) is 30.1 Å². The van der Waals surface area contributed by atoms with E-state index in [0.29, 0.717) is 17.0 Å². The Morgan fingerprint density at radius 1 is 1.17 bits per heavy atom. The van der Waals surface area contributed by atoms with Gasteiger partial charge in [-0.25, -0.2) is 14.1 Å². The van der Waals surface area contributed by atoms with E-state index in [9.17, 15) is 14.0 Å². The Hall–Kier alpha value is -4.08. The number of hydrogen-bond donors (Lipinski definition) is 1. The summed E-state index contributed by atoms with van der Waals surface area (Å²) >= 11 is 0. The van der Waals surface area contributed by atoms with Crippen LogP contribution < -0.4 is 15.6 Å². The number of benzene rings is 2. The van der Waals surface area contributed by atoms with Crippen LogP contribution in [-0.4, -0.2) is 37.6 Å². The first kappa shape index (κ1) is 19.2. The van der Waals surface area contributed by atoms with Crippen LogP contribution >= 0.6 is 0 Å². The maximum absolute atomic E-state index is 13.9. The third-order valence-electron chi connectivity index (χ3n) is 4.46. The van der Waals surface area contributed by atoms with Crippen LogP contribution in [0.5, 0.6) is 5.75 Å². The minimum atomic E-state index is -0.519. The Labute approximate surface area is 169 Å². The molecule has 152 valence electrons. The number of nitrogens with one attached hydrogen (secondary N) is 1. The average molecular weight is 408 g/mol. The van der Waals surface area contributed by atoms with Crippen molar-refractivity contribution in [2.45, 2.75) is 13.1 Å². The second-order valence-corrected chi connectivity index (χ2v) is 6.44. The minimum absolute atomic E-state index is 0.000990. The fourth-order valence-corrected chi connectivity index (χ4v) is 2.99. The molecule has 0 aliphatic rings. The predicted octanol–water partition coefficient (Wildman–Crippen LogP) is 1.82. The molecular formula is C20H17FN6O3. The molecule has 0 saturated heterocycles. The smallest absolute Gasteiger partial charge is 0.283 e. The molecular weight excluding hydrogens is 391 g/mol. The Balaban J connectivity index is 1.56. The largest absolute Gasteiger partial charge is 0.495 e. The number of nitrogens with zero attached hydrogens (tertiary/aromatic N) is 5. The number of aromatic nitrogens is 5. The van der Waals surface area contributed by atoms with Crippen LogP contribution in [0.1, 0.15) is 5.56 Å². The molecule has 1 N–H and O–H groups in total. The molecule has 0 atom stereocenters. The number of ether oxygens (including phenoxy) is 1. The molecule has 2 aromatic carbocycles. The van der Waals surface area contributed by atoms with Crippen LogP contribution in [-0.2, 0) is 17.9 Å². The molecule has 0 aliphatic heterocycles. The van der Waals surface area contributed by atoms with Crippen LogP contribution in [0.3, 0.4) is 0 Å². The molecule has 0 unspecified atom stereocenters. The van der Waals surface area contributed by atoms with Gasteiger partial charge < -0.3 is 10.1 Å². The number of halogens is 1. The van der Waals surface area contributed by atoms with Crippen LogP contribution in [0, 0.1) is 5.82 Å². The van der Waals surface area contributed by atoms with Crippen molar-refractivity contribution in [1.29, 1.82) is 0 Å². The molecule has 30 heavy (non-hydrogen) atoms. The van der Waals surface area contributed by atoms with E-state index in [1.807, 2.05) is 0 Å². The lowest BCUT2D eigenvalue weighted by Gasteiger charge is -2.10. The summed E-state index contributed by atoms with van der Waals surface area (Å²) in [6.45, 7) is -0.187. The van der Waals surface area contributed by atoms with Gasteiger partial charge >= 0.3 is 0 Å². The number of fused-ring (bicyclic) bond motifs is 1. The summed E-state index contributed by atoms with van der Waals surface area (Å²) in [5.74, 6) is -0.313. The van der Waals surface area contributed by atoms with Gasteiger partial charge in [0.2, 0.25) is 5.91 Å². The van der Waals surface area contributed by atoms with E-state index in [1.165, 1.54) is 24.2 Å². The summed E-state index contributed by atoms with van der Waals surface area (Å²) in [6.07, 6.45) is 1.24. The fraction of sp³-hybridized carbons (Fsp3) is 0.150. The summed E-state index contributed by atoms with van der Waals surface area (Å²) in [7, 11) is 1.50. The fourth-order valence-electron chi connectivity index (χ4n) is 2.99. The monoisotopic (exact) mass is 408 g/mol. The van der Waals surface area contributed by atoms with E-state index in [1.54, 1.807) is 42.5 Å². The van der Waals surface area contributed by atoms with Crippen molar-refractivity contribution in [3.63, 3.8) is 0 Å². The van der Waals surface area contributed by atoms with E-state index in [2.05, 4.69) is 20.6 Å². The van der Waals surface area contributed by atoms with Crippen molar-refractivity contribution < 1.29 is 13.9 Å². The van der Waals surface area contributed by atoms with Gasteiger partial charge in [-0.3, -0.25) is 14.2 Å². The van der Waals surface area contributed by atoms with Crippen molar-refractivity contribution in [1.82, 2.24) is 24.5 Å². The number of carbonyl (C=O) groups excluding carboxylic acids is 1. The third kappa shape index (κ3) is 3.75. The van der Waals surface area contributed by atoms with Gasteiger partial charge in [0.25, 0.3) is 5.56 Å². The molecule has 0 spiro atoms. The summed E-state index contributed by atoms with van der Waals surface area (Å²) < 4.78 is 21.6. The summed E-state index contributed by atoms with van der Waals surface area (Å²) in [4.78, 5) is 29.3. The zero-order valence-corrected chi connectivity index (χ0v) is 15.9. The summed E-state index contributed by atoms with van der Waals surface area (Å²) in [6, 6.07) is 13.2. The van der Waals surface area contributed by atoms with Gasteiger partial charge in [-0.05, 0) is 18.2 Å². The topological polar surface area (TPSA) is 104 Å². The van der Waals surface area contributed by atoms with E-state index in [0.717, 1.165) is 4.57 Å². The first-order chi connectivity index (χ1) is 14.6. The Morgan fingerprint density at radius 2 is 1.93 bits per heavy atom. The number of hydrogen-bond acceptors (Lipinski definition) is 6. The van der Waals surface area contributed by atoms with E-state index >= 15 is 0 Å². The highest BCUT2D eigenvalue weighted by molar-refractivity contribution is 5.92. The van der Waals surface area contributed by atoms with Crippen molar-refractivity contribution in [3.8, 4) is 5.75 Å². The van der Waals surface area contributed by atoms with Gasteiger partial charge in [0.15, 0.2) is 11.2 Å². The maximum Gasteiger partial charge on any atom is 0.283 e. The molecule has 0 bridgehead atoms. The molecule has 9 nitrogen and oxygen atoms in total. The quantitative estimate of drug-likeness (QED) is 0.522. The molecule has 2 heterocycles. The van der Waals surface area contributed by atoms with Gasteiger partial charge in [0, 0.05) is 5.56 Å². The highest BCUT2D eigenvalue weighted by atomic mass is 19.1. The van der Waals surface area contributed by atoms with Gasteiger partial charge in [0.05, 0.1) is 19.3 Å². The van der Waals surface area contributed by atoms with Crippen LogP contribution in [0.15, 0.2) is 59.7 Å². The number of carbonyl (C=O) groups is 1. The lowest BCUT2D eigenvalue weighted by molar-refractivity contribution is -0.116. The second-order valence-electron chi connectivity index (χ2n) is 6.44. The molecule has 4 aromatic rings. The first-order valence-electron chi connectivity index (χ1n) is 9.01. The summed E-state index contributed by atoms with van der Waals surface area (Å²) in [5.41, 5.74) is 0.577. The van der Waals surface area contributed by atoms with E-state index < -0.39 is 11.5 Å². The van der Waals surface area contributed by atoms with Gasteiger partial charge in [-0.1, -0.05) is 35.5 Å². The molecule has 0 aliphatic carbocycles. The molecule has 4 rings (SSSR count). The van der Waals surface area contributed by atoms with Crippen molar-refractivity contribution in [2.24, 2.45) is 0 Å². The number of rotatable bonds is 6. The predicted molar refractivity (Wildman–Crippen MR) is 107 cm³/mol. The average Bonchev–Trinajstić information content (AvgIpc) is 3.15. The van der Waals surface area contributed by atoms with Crippen molar-refractivity contribution in [2.75, 3.05) is 12.4 Å². The Bertz CT molecular complexity index is 1280. The SMILES string of the molecule is COc1ccccc1NC(=O)Cn1cnc2c(nnn2Cc2ccccc2F)c1=O. The molecule has 0 radical (unpaired) electrons.